The molecule has 198 valence electrons. The number of nitrogens with zero attached hydrogens (tertiary/aromatic N) is 1. The number of ether oxygens (including phenoxy) is 3. The SMILES string of the molecule is CC1(F)Oc2ccc(C3(C(=O)Nc4cc5c(cc4F)N(C4CCOCC4)C(C(C)(C)C)C5)CC3)cc2O1. The van der Waals surface area contributed by atoms with Crippen molar-refractivity contribution in [2.24, 2.45) is 5.41 Å². The standard InChI is InChI=1S/C29H34F2N2O4/c1-27(2,3)25-14-17-13-21(20(30)16-22(17)33(25)19-7-11-35-12-8-19)32-26(34)29(9-10-29)18-5-6-23-24(15-18)37-28(4,31)36-23/h5-6,13,15-16,19,25H,7-12,14H2,1-4H3,(H,32,34). The molecule has 2 fully saturated rings. The lowest BCUT2D eigenvalue weighted by Gasteiger charge is -2.43. The molecule has 1 aliphatic carbocycles. The number of carbonyl (C=O) groups excluding carboxylic acids is 1. The second-order valence-corrected chi connectivity index (χ2v) is 12.0. The first-order valence-corrected chi connectivity index (χ1v) is 13.2. The average Bonchev–Trinajstić information content (AvgIpc) is 3.47. The maximum absolute atomic E-state index is 15.5. The van der Waals surface area contributed by atoms with Crippen molar-refractivity contribution in [3.8, 4) is 11.5 Å². The summed E-state index contributed by atoms with van der Waals surface area (Å²) in [5.41, 5.74) is 2.11. The van der Waals surface area contributed by atoms with Gasteiger partial charge in [0.15, 0.2) is 11.5 Å². The van der Waals surface area contributed by atoms with Crippen molar-refractivity contribution >= 4 is 17.3 Å². The molecule has 1 saturated carbocycles. The lowest BCUT2D eigenvalue weighted by atomic mass is 9.83. The van der Waals surface area contributed by atoms with Crippen LogP contribution in [0.3, 0.4) is 0 Å². The molecule has 8 heteroatoms. The monoisotopic (exact) mass is 512 g/mol. The predicted molar refractivity (Wildman–Crippen MR) is 136 cm³/mol. The number of halogens is 2. The van der Waals surface area contributed by atoms with E-state index in [4.69, 9.17) is 14.2 Å². The van der Waals surface area contributed by atoms with E-state index in [0.717, 1.165) is 43.7 Å². The van der Waals surface area contributed by atoms with E-state index in [2.05, 4.69) is 31.0 Å². The Balaban J connectivity index is 1.26. The van der Waals surface area contributed by atoms with Crippen LogP contribution in [-0.4, -0.2) is 37.2 Å². The molecular formula is C29H34F2N2O4. The van der Waals surface area contributed by atoms with Gasteiger partial charge in [-0.15, -0.1) is 0 Å². The van der Waals surface area contributed by atoms with Crippen molar-refractivity contribution in [3.05, 3.63) is 47.3 Å². The van der Waals surface area contributed by atoms with Gasteiger partial charge in [-0.25, -0.2) is 4.39 Å². The van der Waals surface area contributed by atoms with Gasteiger partial charge in [0, 0.05) is 37.9 Å². The number of amides is 1. The lowest BCUT2D eigenvalue weighted by Crippen LogP contribution is -2.49. The second-order valence-electron chi connectivity index (χ2n) is 12.0. The Hall–Kier alpha value is -2.87. The average molecular weight is 513 g/mol. The highest BCUT2D eigenvalue weighted by molar-refractivity contribution is 6.02. The smallest absolute Gasteiger partial charge is 0.404 e. The summed E-state index contributed by atoms with van der Waals surface area (Å²) in [6.07, 6.45) is 3.90. The number of hydrogen-bond acceptors (Lipinski definition) is 5. The summed E-state index contributed by atoms with van der Waals surface area (Å²) in [5, 5.41) is 2.87. The molecule has 6 nitrogen and oxygen atoms in total. The van der Waals surface area contributed by atoms with Crippen LogP contribution in [0.4, 0.5) is 20.2 Å². The molecule has 2 aromatic carbocycles. The first-order chi connectivity index (χ1) is 17.5. The molecule has 3 aliphatic heterocycles. The molecule has 1 amide bonds. The number of nitrogens with one attached hydrogen (secondary N) is 1. The molecule has 4 aliphatic rings. The fourth-order valence-corrected chi connectivity index (χ4v) is 6.12. The van der Waals surface area contributed by atoms with Crippen LogP contribution in [0, 0.1) is 11.2 Å². The zero-order chi connectivity index (χ0) is 26.2. The molecule has 0 bridgehead atoms. The molecule has 0 aromatic heterocycles. The Morgan fingerprint density at radius 2 is 1.78 bits per heavy atom. The Bertz CT molecular complexity index is 1250. The number of benzene rings is 2. The number of hydrogen-bond donors (Lipinski definition) is 1. The summed E-state index contributed by atoms with van der Waals surface area (Å²) in [6, 6.07) is 6.76. The van der Waals surface area contributed by atoms with Crippen molar-refractivity contribution in [3.63, 3.8) is 0 Å². The van der Waals surface area contributed by atoms with Crippen LogP contribution in [0.25, 0.3) is 0 Å². The van der Waals surface area contributed by atoms with Crippen LogP contribution in [-0.2, 0) is 21.4 Å². The van der Waals surface area contributed by atoms with Crippen LogP contribution in [0.2, 0.25) is 0 Å². The molecule has 2 aromatic rings. The Labute approximate surface area is 216 Å². The molecule has 1 saturated heterocycles. The molecule has 2 unspecified atom stereocenters. The molecular weight excluding hydrogens is 478 g/mol. The van der Waals surface area contributed by atoms with Gasteiger partial charge < -0.3 is 24.4 Å². The van der Waals surface area contributed by atoms with Crippen LogP contribution < -0.4 is 19.7 Å². The van der Waals surface area contributed by atoms with Gasteiger partial charge in [0.25, 0.3) is 0 Å². The van der Waals surface area contributed by atoms with Gasteiger partial charge >= 0.3 is 6.04 Å². The molecule has 0 radical (unpaired) electrons. The minimum Gasteiger partial charge on any atom is -0.423 e. The van der Waals surface area contributed by atoms with E-state index < -0.39 is 17.3 Å². The summed E-state index contributed by atoms with van der Waals surface area (Å²) in [4.78, 5) is 15.9. The third-order valence-electron chi connectivity index (χ3n) is 8.29. The number of anilines is 2. The van der Waals surface area contributed by atoms with Crippen molar-refractivity contribution in [1.29, 1.82) is 0 Å². The van der Waals surface area contributed by atoms with Crippen LogP contribution in [0.1, 0.15) is 64.5 Å². The largest absolute Gasteiger partial charge is 0.423 e. The van der Waals surface area contributed by atoms with E-state index in [9.17, 15) is 9.18 Å². The number of carbonyl (C=O) groups is 1. The summed E-state index contributed by atoms with van der Waals surface area (Å²) < 4.78 is 45.6. The normalized spacial score (nSPS) is 26.2. The Morgan fingerprint density at radius 3 is 2.46 bits per heavy atom. The molecule has 37 heavy (non-hydrogen) atoms. The predicted octanol–water partition coefficient (Wildman–Crippen LogP) is 5.87. The lowest BCUT2D eigenvalue weighted by molar-refractivity contribution is -0.173. The topological polar surface area (TPSA) is 60.0 Å². The van der Waals surface area contributed by atoms with Crippen LogP contribution in [0.5, 0.6) is 11.5 Å². The van der Waals surface area contributed by atoms with Gasteiger partial charge in [-0.2, -0.15) is 4.39 Å². The number of alkyl halides is 1. The highest BCUT2D eigenvalue weighted by Crippen LogP contribution is 2.52. The van der Waals surface area contributed by atoms with E-state index in [1.54, 1.807) is 24.3 Å². The highest BCUT2D eigenvalue weighted by Gasteiger charge is 2.52. The third-order valence-corrected chi connectivity index (χ3v) is 8.29. The van der Waals surface area contributed by atoms with Gasteiger partial charge in [-0.1, -0.05) is 26.8 Å². The Kier molecular flexibility index (Phi) is 5.50. The molecule has 6 rings (SSSR count). The quantitative estimate of drug-likeness (QED) is 0.556. The number of rotatable bonds is 4. The van der Waals surface area contributed by atoms with Crippen molar-refractivity contribution in [2.75, 3.05) is 23.4 Å². The molecule has 0 spiro atoms. The van der Waals surface area contributed by atoms with E-state index in [0.29, 0.717) is 30.2 Å². The fourth-order valence-electron chi connectivity index (χ4n) is 6.12. The van der Waals surface area contributed by atoms with E-state index in [1.165, 1.54) is 6.92 Å². The minimum absolute atomic E-state index is 0.00429. The van der Waals surface area contributed by atoms with Gasteiger partial charge in [-0.05, 0) is 72.9 Å². The van der Waals surface area contributed by atoms with Gasteiger partial charge in [0.2, 0.25) is 5.91 Å². The summed E-state index contributed by atoms with van der Waals surface area (Å²) in [6.45, 7) is 9.30. The highest BCUT2D eigenvalue weighted by atomic mass is 19.2. The van der Waals surface area contributed by atoms with Crippen LogP contribution >= 0.6 is 0 Å². The summed E-state index contributed by atoms with van der Waals surface area (Å²) in [5.74, 6) is -0.128. The molecule has 1 N–H and O–H groups in total. The number of fused-ring (bicyclic) bond motifs is 2. The summed E-state index contributed by atoms with van der Waals surface area (Å²) >= 11 is 0. The van der Waals surface area contributed by atoms with Crippen molar-refractivity contribution in [2.45, 2.75) is 83.3 Å². The van der Waals surface area contributed by atoms with E-state index in [1.807, 2.05) is 6.07 Å². The third kappa shape index (κ3) is 4.23. The van der Waals surface area contributed by atoms with Gasteiger partial charge in [0.05, 0.1) is 11.1 Å². The maximum Gasteiger partial charge on any atom is 0.404 e. The Morgan fingerprint density at radius 1 is 1.08 bits per heavy atom. The zero-order valence-corrected chi connectivity index (χ0v) is 21.8. The second kappa shape index (κ2) is 8.32. The van der Waals surface area contributed by atoms with Crippen molar-refractivity contribution < 1.29 is 27.8 Å². The van der Waals surface area contributed by atoms with Gasteiger partial charge in [0.1, 0.15) is 5.82 Å². The first kappa shape index (κ1) is 24.5. The van der Waals surface area contributed by atoms with E-state index in [-0.39, 0.29) is 28.8 Å². The first-order valence-electron chi connectivity index (χ1n) is 13.2. The van der Waals surface area contributed by atoms with Gasteiger partial charge in [-0.3, -0.25) is 4.79 Å². The summed E-state index contributed by atoms with van der Waals surface area (Å²) in [7, 11) is 0. The molecule has 3 heterocycles. The fraction of sp³-hybridized carbons (Fsp3) is 0.552. The minimum atomic E-state index is -2.23. The van der Waals surface area contributed by atoms with Crippen LogP contribution in [0.15, 0.2) is 30.3 Å². The maximum atomic E-state index is 15.5. The van der Waals surface area contributed by atoms with Crippen molar-refractivity contribution in [1.82, 2.24) is 0 Å². The van der Waals surface area contributed by atoms with E-state index >= 15 is 4.39 Å². The zero-order valence-electron chi connectivity index (χ0n) is 21.8. The molecule has 2 atom stereocenters.